The second-order valence-corrected chi connectivity index (χ2v) is 6.14. The van der Waals surface area contributed by atoms with E-state index in [1.165, 1.54) is 43.6 Å². The Morgan fingerprint density at radius 2 is 2.11 bits per heavy atom. The SMILES string of the molecule is CCCc1nsc(NCC2(CN)CCCCC2)n1. The van der Waals surface area contributed by atoms with Crippen molar-refractivity contribution in [2.45, 2.75) is 51.9 Å². The van der Waals surface area contributed by atoms with Crippen LogP contribution in [0.3, 0.4) is 0 Å². The van der Waals surface area contributed by atoms with Gasteiger partial charge in [-0.25, -0.2) is 4.98 Å². The highest BCUT2D eigenvalue weighted by Gasteiger charge is 2.30. The van der Waals surface area contributed by atoms with E-state index in [2.05, 4.69) is 21.6 Å². The van der Waals surface area contributed by atoms with Crippen molar-refractivity contribution in [2.75, 3.05) is 18.4 Å². The first kappa shape index (κ1) is 13.7. The van der Waals surface area contributed by atoms with Crippen LogP contribution in [0.2, 0.25) is 0 Å². The Balaban J connectivity index is 1.88. The zero-order valence-corrected chi connectivity index (χ0v) is 12.1. The molecule has 0 aliphatic heterocycles. The van der Waals surface area contributed by atoms with E-state index in [1.54, 1.807) is 0 Å². The lowest BCUT2D eigenvalue weighted by Crippen LogP contribution is -2.39. The minimum Gasteiger partial charge on any atom is -0.360 e. The van der Waals surface area contributed by atoms with E-state index in [0.717, 1.165) is 36.9 Å². The summed E-state index contributed by atoms with van der Waals surface area (Å²) in [6.45, 7) is 3.88. The van der Waals surface area contributed by atoms with Gasteiger partial charge in [-0.1, -0.05) is 26.2 Å². The fourth-order valence-corrected chi connectivity index (χ4v) is 3.28. The molecule has 3 N–H and O–H groups in total. The number of rotatable bonds is 6. The van der Waals surface area contributed by atoms with Crippen molar-refractivity contribution in [3.63, 3.8) is 0 Å². The summed E-state index contributed by atoms with van der Waals surface area (Å²) >= 11 is 1.47. The fraction of sp³-hybridized carbons (Fsp3) is 0.846. The molecule has 1 aliphatic rings. The summed E-state index contributed by atoms with van der Waals surface area (Å²) in [5, 5.41) is 4.41. The number of aryl methyl sites for hydroxylation is 1. The van der Waals surface area contributed by atoms with E-state index in [-0.39, 0.29) is 5.41 Å². The van der Waals surface area contributed by atoms with Gasteiger partial charge in [-0.15, -0.1) is 0 Å². The van der Waals surface area contributed by atoms with Crippen molar-refractivity contribution >= 4 is 16.7 Å². The number of nitrogens with zero attached hydrogens (tertiary/aromatic N) is 2. The van der Waals surface area contributed by atoms with Crippen LogP contribution in [0.5, 0.6) is 0 Å². The Labute approximate surface area is 114 Å². The molecule has 0 unspecified atom stereocenters. The Hall–Kier alpha value is -0.680. The summed E-state index contributed by atoms with van der Waals surface area (Å²) in [6.07, 6.45) is 8.56. The summed E-state index contributed by atoms with van der Waals surface area (Å²) in [7, 11) is 0. The van der Waals surface area contributed by atoms with Gasteiger partial charge < -0.3 is 11.1 Å². The first-order valence-electron chi connectivity index (χ1n) is 7.04. The van der Waals surface area contributed by atoms with E-state index >= 15 is 0 Å². The van der Waals surface area contributed by atoms with Gasteiger partial charge >= 0.3 is 0 Å². The van der Waals surface area contributed by atoms with Crippen molar-refractivity contribution in [3.05, 3.63) is 5.82 Å². The number of anilines is 1. The van der Waals surface area contributed by atoms with E-state index < -0.39 is 0 Å². The maximum atomic E-state index is 5.98. The third-order valence-electron chi connectivity index (χ3n) is 3.90. The van der Waals surface area contributed by atoms with Crippen molar-refractivity contribution < 1.29 is 0 Å². The second kappa shape index (κ2) is 6.48. The molecule has 1 heterocycles. The average Bonchev–Trinajstić information content (AvgIpc) is 2.86. The van der Waals surface area contributed by atoms with Crippen LogP contribution < -0.4 is 11.1 Å². The minimum atomic E-state index is 0.287. The summed E-state index contributed by atoms with van der Waals surface area (Å²) in [5.41, 5.74) is 6.27. The zero-order valence-electron chi connectivity index (χ0n) is 11.2. The molecular formula is C13H24N4S. The van der Waals surface area contributed by atoms with Gasteiger partial charge in [0.05, 0.1) is 0 Å². The highest BCUT2D eigenvalue weighted by Crippen LogP contribution is 2.35. The van der Waals surface area contributed by atoms with Crippen molar-refractivity contribution in [1.29, 1.82) is 0 Å². The molecule has 1 aromatic heterocycles. The third-order valence-corrected chi connectivity index (χ3v) is 4.61. The van der Waals surface area contributed by atoms with Gasteiger partial charge in [0.25, 0.3) is 0 Å². The van der Waals surface area contributed by atoms with Gasteiger partial charge in [0, 0.05) is 24.5 Å². The molecule has 0 spiro atoms. The lowest BCUT2D eigenvalue weighted by atomic mass is 9.74. The highest BCUT2D eigenvalue weighted by atomic mass is 32.1. The van der Waals surface area contributed by atoms with Crippen LogP contribution in [0.1, 0.15) is 51.3 Å². The highest BCUT2D eigenvalue weighted by molar-refractivity contribution is 7.09. The molecule has 1 aliphatic carbocycles. The summed E-state index contributed by atoms with van der Waals surface area (Å²) < 4.78 is 4.36. The average molecular weight is 268 g/mol. The van der Waals surface area contributed by atoms with Crippen LogP contribution in [0.15, 0.2) is 0 Å². The molecule has 0 bridgehead atoms. The number of nitrogens with two attached hydrogens (primary N) is 1. The fourth-order valence-electron chi connectivity index (χ4n) is 2.67. The maximum Gasteiger partial charge on any atom is 0.202 e. The molecule has 1 aromatic rings. The molecule has 18 heavy (non-hydrogen) atoms. The van der Waals surface area contributed by atoms with Gasteiger partial charge in [0.15, 0.2) is 0 Å². The Morgan fingerprint density at radius 3 is 2.78 bits per heavy atom. The monoisotopic (exact) mass is 268 g/mol. The van der Waals surface area contributed by atoms with Crippen LogP contribution in [-0.4, -0.2) is 22.4 Å². The molecule has 0 saturated heterocycles. The maximum absolute atomic E-state index is 5.98. The normalized spacial score (nSPS) is 18.8. The molecule has 1 saturated carbocycles. The molecule has 0 radical (unpaired) electrons. The van der Waals surface area contributed by atoms with Gasteiger partial charge in [0.2, 0.25) is 5.13 Å². The van der Waals surface area contributed by atoms with E-state index in [1.807, 2.05) is 0 Å². The van der Waals surface area contributed by atoms with Crippen molar-refractivity contribution in [1.82, 2.24) is 9.36 Å². The lowest BCUT2D eigenvalue weighted by molar-refractivity contribution is 0.215. The molecule has 0 atom stereocenters. The van der Waals surface area contributed by atoms with Crippen LogP contribution >= 0.6 is 11.5 Å². The molecule has 0 amide bonds. The molecular weight excluding hydrogens is 244 g/mol. The van der Waals surface area contributed by atoms with Gasteiger partial charge in [-0.05, 0) is 31.2 Å². The van der Waals surface area contributed by atoms with E-state index in [4.69, 9.17) is 5.73 Å². The van der Waals surface area contributed by atoms with Crippen LogP contribution in [0, 0.1) is 5.41 Å². The molecule has 5 heteroatoms. The number of hydrogen-bond donors (Lipinski definition) is 2. The van der Waals surface area contributed by atoms with Crippen LogP contribution in [0.25, 0.3) is 0 Å². The first-order valence-corrected chi connectivity index (χ1v) is 7.82. The Morgan fingerprint density at radius 1 is 1.33 bits per heavy atom. The zero-order chi connectivity index (χ0) is 12.8. The number of nitrogens with one attached hydrogen (secondary N) is 1. The second-order valence-electron chi connectivity index (χ2n) is 5.38. The van der Waals surface area contributed by atoms with Crippen molar-refractivity contribution in [2.24, 2.45) is 11.1 Å². The van der Waals surface area contributed by atoms with Crippen LogP contribution in [-0.2, 0) is 6.42 Å². The Kier molecular flexibility index (Phi) is 4.95. The first-order chi connectivity index (χ1) is 8.78. The molecule has 2 rings (SSSR count). The topological polar surface area (TPSA) is 63.8 Å². The predicted octanol–water partition coefficient (Wildman–Crippen LogP) is 2.81. The van der Waals surface area contributed by atoms with Gasteiger partial charge in [0.1, 0.15) is 5.82 Å². The molecule has 0 aromatic carbocycles. The van der Waals surface area contributed by atoms with Gasteiger partial charge in [-0.2, -0.15) is 4.37 Å². The Bertz CT molecular complexity index is 358. The number of hydrogen-bond acceptors (Lipinski definition) is 5. The minimum absolute atomic E-state index is 0.287. The standard InChI is InChI=1S/C13H24N4S/c1-2-6-11-16-12(18-17-11)15-10-13(9-14)7-4-3-5-8-13/h2-10,14H2,1H3,(H,15,16,17). The van der Waals surface area contributed by atoms with Gasteiger partial charge in [-0.3, -0.25) is 0 Å². The smallest absolute Gasteiger partial charge is 0.202 e. The summed E-state index contributed by atoms with van der Waals surface area (Å²) in [5.74, 6) is 0.968. The quantitative estimate of drug-likeness (QED) is 0.832. The largest absolute Gasteiger partial charge is 0.360 e. The summed E-state index contributed by atoms with van der Waals surface area (Å²) in [6, 6.07) is 0. The molecule has 1 fully saturated rings. The van der Waals surface area contributed by atoms with Crippen molar-refractivity contribution in [3.8, 4) is 0 Å². The molecule has 4 nitrogen and oxygen atoms in total. The predicted molar refractivity (Wildman–Crippen MR) is 77.0 cm³/mol. The number of aromatic nitrogens is 2. The van der Waals surface area contributed by atoms with Crippen LogP contribution in [0.4, 0.5) is 5.13 Å². The van der Waals surface area contributed by atoms with E-state index in [9.17, 15) is 0 Å². The lowest BCUT2D eigenvalue weighted by Gasteiger charge is -2.36. The summed E-state index contributed by atoms with van der Waals surface area (Å²) in [4.78, 5) is 4.51. The molecule has 102 valence electrons. The third kappa shape index (κ3) is 3.42. The van der Waals surface area contributed by atoms with E-state index in [0.29, 0.717) is 0 Å².